The second-order valence-electron chi connectivity index (χ2n) is 12.2. The van der Waals surface area contributed by atoms with E-state index in [1.165, 1.54) is 18.2 Å². The number of hydrogen-bond donors (Lipinski definition) is 3. The smallest absolute Gasteiger partial charge is 0.321 e. The van der Waals surface area contributed by atoms with Gasteiger partial charge in [0, 0.05) is 69.2 Å². The van der Waals surface area contributed by atoms with Crippen LogP contribution in [-0.2, 0) is 32.0 Å². The average Bonchev–Trinajstić information content (AvgIpc) is 3.72. The van der Waals surface area contributed by atoms with Crippen molar-refractivity contribution in [1.82, 2.24) is 9.97 Å². The molecule has 5 heterocycles. The van der Waals surface area contributed by atoms with Crippen LogP contribution in [0.25, 0.3) is 18.2 Å². The molecule has 1 saturated carbocycles. The van der Waals surface area contributed by atoms with Gasteiger partial charge in [-0.05, 0) is 68.0 Å². The molecule has 0 amide bonds. The molecule has 9 nitrogen and oxygen atoms in total. The number of ketones is 1. The van der Waals surface area contributed by atoms with Crippen molar-refractivity contribution in [2.75, 3.05) is 7.11 Å². The predicted octanol–water partition coefficient (Wildman–Crippen LogP) is 3.67. The Morgan fingerprint density at radius 2 is 1.91 bits per heavy atom. The van der Waals surface area contributed by atoms with Crippen LogP contribution in [-0.4, -0.2) is 57.4 Å². The number of allylic oxidation sites excluding steroid dienone is 2. The van der Waals surface area contributed by atoms with Crippen LogP contribution in [0.15, 0.2) is 39.0 Å². The number of carbonyl (C=O) groups excluding carboxylic acids is 2. The van der Waals surface area contributed by atoms with Crippen LogP contribution in [0.1, 0.15) is 67.3 Å². The molecule has 44 heavy (non-hydrogen) atoms. The standard InChI is InChI=1S/C35H38N4O5/c1-8-19-15(3)22-12-24-17(5)21(10-11-28(40)41)32(38-24)30-31(35(43)44-7)34(42)29-18(6)25(39-33(29)30)14-27-20(9-2)16(4)23(37-27)13-26(19)36-22/h8,12-13,17,21,25,31,36-37H,1,9-11,14H2,2-7H3,(H,40,41)/b22-12-,26-13-,32-30-/t17-,21-,25?,31+/m0/s1. The maximum Gasteiger partial charge on any atom is 0.321 e. The molecule has 1 unspecified atom stereocenters. The number of fused-ring (bicyclic) bond motifs is 6. The number of hydrogen-bond acceptors (Lipinski definition) is 6. The number of H-pyrrole nitrogens is 2. The van der Waals surface area contributed by atoms with Gasteiger partial charge in [-0.1, -0.05) is 26.5 Å². The maximum absolute atomic E-state index is 14.0. The quantitative estimate of drug-likeness (QED) is 0.346. The summed E-state index contributed by atoms with van der Waals surface area (Å²) in [5.74, 6) is -3.59. The Labute approximate surface area is 255 Å². The van der Waals surface area contributed by atoms with E-state index in [0.717, 1.165) is 50.9 Å². The number of carbonyl (C=O) groups is 3. The molecule has 9 heteroatoms. The molecule has 1 fully saturated rings. The fourth-order valence-corrected chi connectivity index (χ4v) is 7.44. The number of esters is 1. The highest BCUT2D eigenvalue weighted by Gasteiger charge is 2.52. The molecule has 2 aromatic rings. The van der Waals surface area contributed by atoms with E-state index >= 15 is 0 Å². The van der Waals surface area contributed by atoms with Crippen molar-refractivity contribution in [3.05, 3.63) is 73.3 Å². The Bertz CT molecular complexity index is 1910. The van der Waals surface area contributed by atoms with Gasteiger partial charge in [0.15, 0.2) is 5.78 Å². The van der Waals surface area contributed by atoms with E-state index in [1.54, 1.807) is 0 Å². The number of carboxylic acids is 1. The highest BCUT2D eigenvalue weighted by atomic mass is 16.5. The lowest BCUT2D eigenvalue weighted by Crippen LogP contribution is -2.26. The molecule has 228 valence electrons. The van der Waals surface area contributed by atoms with E-state index in [0.29, 0.717) is 35.4 Å². The molecule has 4 aliphatic rings. The summed E-state index contributed by atoms with van der Waals surface area (Å²) in [5, 5.41) is 11.4. The van der Waals surface area contributed by atoms with Crippen molar-refractivity contribution >= 4 is 47.4 Å². The van der Waals surface area contributed by atoms with Crippen molar-refractivity contribution in [3.63, 3.8) is 0 Å². The van der Waals surface area contributed by atoms with Crippen molar-refractivity contribution in [2.45, 2.75) is 66.3 Å². The molecule has 6 rings (SSSR count). The Balaban J connectivity index is 1.70. The summed E-state index contributed by atoms with van der Waals surface area (Å²) >= 11 is 0. The summed E-state index contributed by atoms with van der Waals surface area (Å²) in [5.41, 5.74) is 9.98. The van der Waals surface area contributed by atoms with Crippen LogP contribution in [0.4, 0.5) is 0 Å². The van der Waals surface area contributed by atoms with Gasteiger partial charge in [-0.3, -0.25) is 24.4 Å². The van der Waals surface area contributed by atoms with Crippen molar-refractivity contribution < 1.29 is 24.2 Å². The zero-order valence-corrected chi connectivity index (χ0v) is 26.1. The van der Waals surface area contributed by atoms with Gasteiger partial charge in [0.25, 0.3) is 0 Å². The number of aromatic amines is 2. The lowest BCUT2D eigenvalue weighted by molar-refractivity contribution is -0.146. The van der Waals surface area contributed by atoms with Crippen LogP contribution < -0.4 is 10.7 Å². The number of carboxylic acid groups (broad SMARTS) is 1. The molecule has 3 N–H and O–H groups in total. The molecular formula is C35H38N4O5. The van der Waals surface area contributed by atoms with Crippen molar-refractivity contribution in [2.24, 2.45) is 27.7 Å². The predicted molar refractivity (Wildman–Crippen MR) is 170 cm³/mol. The van der Waals surface area contributed by atoms with Crippen LogP contribution in [0.2, 0.25) is 0 Å². The van der Waals surface area contributed by atoms with E-state index in [4.69, 9.17) is 14.7 Å². The van der Waals surface area contributed by atoms with Crippen LogP contribution >= 0.6 is 0 Å². The monoisotopic (exact) mass is 594 g/mol. The number of aromatic nitrogens is 2. The summed E-state index contributed by atoms with van der Waals surface area (Å²) in [6.07, 6.45) is 7.60. The molecule has 0 spiro atoms. The zero-order chi connectivity index (χ0) is 31.6. The Morgan fingerprint density at radius 1 is 1.16 bits per heavy atom. The first kappa shape index (κ1) is 29.5. The van der Waals surface area contributed by atoms with Gasteiger partial charge in [0.05, 0.1) is 24.6 Å². The topological polar surface area (TPSA) is 137 Å². The fraction of sp³-hybridized carbons (Fsp3) is 0.400. The minimum absolute atomic E-state index is 0.0718. The van der Waals surface area contributed by atoms with Gasteiger partial charge in [-0.2, -0.15) is 0 Å². The second-order valence-corrected chi connectivity index (χ2v) is 12.2. The first-order valence-corrected chi connectivity index (χ1v) is 15.2. The number of aliphatic carboxylic acids is 1. The number of rotatable bonds is 6. The number of methoxy groups -OCH3 is 1. The number of aliphatic imine (C=N–C) groups is 2. The number of nitrogens with zero attached hydrogens (tertiary/aromatic N) is 2. The first-order valence-electron chi connectivity index (χ1n) is 15.2. The minimum Gasteiger partial charge on any atom is -0.481 e. The van der Waals surface area contributed by atoms with E-state index in [2.05, 4.69) is 36.5 Å². The molecular weight excluding hydrogens is 556 g/mol. The Morgan fingerprint density at radius 3 is 2.57 bits per heavy atom. The van der Waals surface area contributed by atoms with Gasteiger partial charge >= 0.3 is 11.9 Å². The van der Waals surface area contributed by atoms with Crippen molar-refractivity contribution in [3.8, 4) is 0 Å². The molecule has 0 saturated heterocycles. The summed E-state index contributed by atoms with van der Waals surface area (Å²) < 4.78 is 5.14. The molecule has 4 atom stereocenters. The van der Waals surface area contributed by atoms with E-state index in [9.17, 15) is 19.5 Å². The average molecular weight is 595 g/mol. The third kappa shape index (κ3) is 4.40. The van der Waals surface area contributed by atoms with E-state index in [-0.39, 0.29) is 30.1 Å². The minimum atomic E-state index is -1.19. The Hall–Kier alpha value is -4.53. The molecule has 2 aromatic heterocycles. The largest absolute Gasteiger partial charge is 0.481 e. The molecule has 0 aromatic carbocycles. The van der Waals surface area contributed by atoms with Crippen LogP contribution in [0, 0.1) is 31.6 Å². The lowest BCUT2D eigenvalue weighted by Gasteiger charge is -2.19. The van der Waals surface area contributed by atoms with E-state index in [1.807, 2.05) is 32.9 Å². The fourth-order valence-electron chi connectivity index (χ4n) is 7.44. The van der Waals surface area contributed by atoms with Crippen LogP contribution in [0.5, 0.6) is 0 Å². The third-order valence-electron chi connectivity index (χ3n) is 9.93. The molecule has 0 radical (unpaired) electrons. The molecule has 3 aliphatic heterocycles. The number of Topliss-reactive ketones (excluding diaryl/α,β-unsaturated/α-hetero) is 1. The van der Waals surface area contributed by atoms with E-state index < -0.39 is 17.9 Å². The first-order chi connectivity index (χ1) is 21.0. The maximum atomic E-state index is 14.0. The second kappa shape index (κ2) is 10.9. The van der Waals surface area contributed by atoms with Gasteiger partial charge in [0.1, 0.15) is 5.92 Å². The van der Waals surface area contributed by atoms with Crippen LogP contribution in [0.3, 0.4) is 0 Å². The number of ether oxygens (including phenoxy) is 1. The SMILES string of the molecule is C=Cc1c(C)/c2[nH]/c1=C\c1[nH]c(c(CC)c1C)CC1N=C3C(=C1C)C(=O)[C@H](C(=O)OC)/C3=C1N=C(\C=2)[C@@H](C)[C@@H]/1CCC(=O)O. The molecule has 8 bridgehead atoms. The molecule has 1 aliphatic carbocycles. The summed E-state index contributed by atoms with van der Waals surface area (Å²) in [6.45, 7) is 14.3. The van der Waals surface area contributed by atoms with Gasteiger partial charge in [0.2, 0.25) is 0 Å². The summed E-state index contributed by atoms with van der Waals surface area (Å²) in [7, 11) is 1.27. The summed E-state index contributed by atoms with van der Waals surface area (Å²) in [4.78, 5) is 56.4. The van der Waals surface area contributed by atoms with Crippen molar-refractivity contribution in [1.29, 1.82) is 0 Å². The highest BCUT2D eigenvalue weighted by Crippen LogP contribution is 2.46. The van der Waals surface area contributed by atoms with Gasteiger partial charge in [-0.25, -0.2) is 0 Å². The number of nitrogens with one attached hydrogen (secondary N) is 2. The Kier molecular flexibility index (Phi) is 7.30. The van der Waals surface area contributed by atoms with Gasteiger partial charge in [-0.15, -0.1) is 0 Å². The van der Waals surface area contributed by atoms with Gasteiger partial charge < -0.3 is 19.8 Å². The summed E-state index contributed by atoms with van der Waals surface area (Å²) in [6, 6.07) is -0.295. The normalized spacial score (nSPS) is 27.0. The zero-order valence-electron chi connectivity index (χ0n) is 26.1. The lowest BCUT2D eigenvalue weighted by atomic mass is 9.83. The highest BCUT2D eigenvalue weighted by molar-refractivity contribution is 6.42. The third-order valence-corrected chi connectivity index (χ3v) is 9.93.